The third-order valence-electron chi connectivity index (χ3n) is 3.14. The Morgan fingerprint density at radius 1 is 1.14 bits per heavy atom. The molecule has 0 radical (unpaired) electrons. The molecule has 0 spiro atoms. The molecule has 0 saturated heterocycles. The first-order valence-electron chi connectivity index (χ1n) is 6.74. The maximum absolute atomic E-state index is 13.1. The summed E-state index contributed by atoms with van der Waals surface area (Å²) in [6.45, 7) is 0.134. The fraction of sp³-hybridized carbons (Fsp3) is 0.0588. The zero-order chi connectivity index (χ0) is 15.4. The van der Waals surface area contributed by atoms with Crippen LogP contribution in [-0.2, 0) is 11.3 Å². The van der Waals surface area contributed by atoms with Crippen molar-refractivity contribution in [1.82, 2.24) is 9.78 Å². The fourth-order valence-corrected chi connectivity index (χ4v) is 2.01. The van der Waals surface area contributed by atoms with Crippen LogP contribution < -0.4 is 0 Å². The maximum Gasteiger partial charge on any atom is 0.338 e. The van der Waals surface area contributed by atoms with Crippen LogP contribution >= 0.6 is 0 Å². The van der Waals surface area contributed by atoms with Crippen LogP contribution in [0.3, 0.4) is 0 Å². The average Bonchev–Trinajstić information content (AvgIpc) is 3.07. The lowest BCUT2D eigenvalue weighted by molar-refractivity contribution is 0.0472. The summed E-state index contributed by atoms with van der Waals surface area (Å²) in [6.07, 6.45) is 3.55. The molecule has 0 aliphatic heterocycles. The number of hydrogen-bond donors (Lipinski definition) is 0. The molecule has 1 aromatic heterocycles. The summed E-state index contributed by atoms with van der Waals surface area (Å²) in [7, 11) is 0. The Kier molecular flexibility index (Phi) is 3.96. The number of aromatic nitrogens is 2. The summed E-state index contributed by atoms with van der Waals surface area (Å²) in [6, 6.07) is 14.8. The largest absolute Gasteiger partial charge is 0.457 e. The van der Waals surface area contributed by atoms with Crippen LogP contribution in [0.4, 0.5) is 4.39 Å². The van der Waals surface area contributed by atoms with Crippen LogP contribution in [0, 0.1) is 5.82 Å². The van der Waals surface area contributed by atoms with Gasteiger partial charge in [-0.15, -0.1) is 0 Å². The Morgan fingerprint density at radius 2 is 1.95 bits per heavy atom. The molecule has 0 amide bonds. The summed E-state index contributed by atoms with van der Waals surface area (Å²) in [5.41, 5.74) is 1.97. The molecular weight excluding hydrogens is 283 g/mol. The Morgan fingerprint density at radius 3 is 2.64 bits per heavy atom. The third kappa shape index (κ3) is 3.20. The fourth-order valence-electron chi connectivity index (χ4n) is 2.01. The van der Waals surface area contributed by atoms with Gasteiger partial charge in [0.2, 0.25) is 0 Å². The van der Waals surface area contributed by atoms with Crippen LogP contribution in [0.15, 0.2) is 67.0 Å². The van der Waals surface area contributed by atoms with E-state index in [-0.39, 0.29) is 12.2 Å². The summed E-state index contributed by atoms with van der Waals surface area (Å²) >= 11 is 0. The molecule has 0 saturated carbocycles. The Labute approximate surface area is 126 Å². The lowest BCUT2D eigenvalue weighted by atomic mass is 10.2. The lowest BCUT2D eigenvalue weighted by Gasteiger charge is -2.06. The van der Waals surface area contributed by atoms with E-state index in [2.05, 4.69) is 5.10 Å². The Bertz CT molecular complexity index is 768. The smallest absolute Gasteiger partial charge is 0.338 e. The standard InChI is InChI=1S/C17H13FN2O2/c18-15-4-1-3-14(11-15)17(21)22-12-13-5-7-16(8-6-13)20-10-2-9-19-20/h1-11H,12H2. The topological polar surface area (TPSA) is 44.1 Å². The molecule has 0 unspecified atom stereocenters. The van der Waals surface area contributed by atoms with E-state index < -0.39 is 11.8 Å². The van der Waals surface area contributed by atoms with E-state index >= 15 is 0 Å². The van der Waals surface area contributed by atoms with E-state index in [1.54, 1.807) is 10.9 Å². The third-order valence-corrected chi connectivity index (χ3v) is 3.14. The van der Waals surface area contributed by atoms with Gasteiger partial charge in [-0.2, -0.15) is 5.10 Å². The van der Waals surface area contributed by atoms with Gasteiger partial charge in [0.25, 0.3) is 0 Å². The number of halogens is 1. The number of ether oxygens (including phenoxy) is 1. The van der Waals surface area contributed by atoms with Gasteiger partial charge in [-0.1, -0.05) is 18.2 Å². The number of hydrogen-bond acceptors (Lipinski definition) is 3. The quantitative estimate of drug-likeness (QED) is 0.693. The van der Waals surface area contributed by atoms with Crippen molar-refractivity contribution < 1.29 is 13.9 Å². The molecule has 3 rings (SSSR count). The normalized spacial score (nSPS) is 10.4. The lowest BCUT2D eigenvalue weighted by Crippen LogP contribution is -2.05. The van der Waals surface area contributed by atoms with Gasteiger partial charge in [0, 0.05) is 12.4 Å². The maximum atomic E-state index is 13.1. The minimum Gasteiger partial charge on any atom is -0.457 e. The molecule has 1 heterocycles. The highest BCUT2D eigenvalue weighted by Gasteiger charge is 2.08. The molecule has 0 fully saturated rings. The second-order valence-electron chi connectivity index (χ2n) is 4.70. The predicted molar refractivity (Wildman–Crippen MR) is 79.1 cm³/mol. The van der Waals surface area contributed by atoms with Crippen molar-refractivity contribution in [1.29, 1.82) is 0 Å². The van der Waals surface area contributed by atoms with E-state index in [1.807, 2.05) is 36.5 Å². The van der Waals surface area contributed by atoms with Crippen molar-refractivity contribution in [2.45, 2.75) is 6.61 Å². The molecule has 0 aliphatic rings. The van der Waals surface area contributed by atoms with Gasteiger partial charge in [-0.3, -0.25) is 0 Å². The molecule has 5 heteroatoms. The summed E-state index contributed by atoms with van der Waals surface area (Å²) in [5.74, 6) is -1.01. The highest BCUT2D eigenvalue weighted by atomic mass is 19.1. The molecule has 0 aliphatic carbocycles. The minimum atomic E-state index is -0.546. The van der Waals surface area contributed by atoms with Crippen molar-refractivity contribution in [2.75, 3.05) is 0 Å². The van der Waals surface area contributed by atoms with Crippen LogP contribution in [0.2, 0.25) is 0 Å². The van der Waals surface area contributed by atoms with E-state index in [1.165, 1.54) is 18.2 Å². The van der Waals surface area contributed by atoms with Crippen molar-refractivity contribution in [3.63, 3.8) is 0 Å². The monoisotopic (exact) mass is 296 g/mol. The van der Waals surface area contributed by atoms with E-state index in [0.717, 1.165) is 17.3 Å². The van der Waals surface area contributed by atoms with Gasteiger partial charge in [0.05, 0.1) is 11.3 Å². The van der Waals surface area contributed by atoms with Crippen molar-refractivity contribution in [3.8, 4) is 5.69 Å². The number of carbonyl (C=O) groups is 1. The van der Waals surface area contributed by atoms with Gasteiger partial charge >= 0.3 is 5.97 Å². The molecular formula is C17H13FN2O2. The molecule has 0 bridgehead atoms. The van der Waals surface area contributed by atoms with Gasteiger partial charge in [0.1, 0.15) is 12.4 Å². The first-order chi connectivity index (χ1) is 10.7. The highest BCUT2D eigenvalue weighted by molar-refractivity contribution is 5.89. The zero-order valence-electron chi connectivity index (χ0n) is 11.6. The van der Waals surface area contributed by atoms with Crippen molar-refractivity contribution >= 4 is 5.97 Å². The molecule has 0 atom stereocenters. The SMILES string of the molecule is O=C(OCc1ccc(-n2cccn2)cc1)c1cccc(F)c1. The predicted octanol–water partition coefficient (Wildman–Crippen LogP) is 3.37. The first-order valence-corrected chi connectivity index (χ1v) is 6.74. The second kappa shape index (κ2) is 6.22. The number of benzene rings is 2. The zero-order valence-corrected chi connectivity index (χ0v) is 11.6. The van der Waals surface area contributed by atoms with Crippen molar-refractivity contribution in [2.24, 2.45) is 0 Å². The van der Waals surface area contributed by atoms with E-state index in [0.29, 0.717) is 0 Å². The molecule has 110 valence electrons. The highest BCUT2D eigenvalue weighted by Crippen LogP contribution is 2.11. The molecule has 0 N–H and O–H groups in total. The minimum absolute atomic E-state index is 0.134. The van der Waals surface area contributed by atoms with E-state index in [9.17, 15) is 9.18 Å². The molecule has 2 aromatic carbocycles. The van der Waals surface area contributed by atoms with Crippen molar-refractivity contribution in [3.05, 3.63) is 83.9 Å². The summed E-state index contributed by atoms with van der Waals surface area (Å²) in [4.78, 5) is 11.8. The molecule has 22 heavy (non-hydrogen) atoms. The number of nitrogens with zero attached hydrogens (tertiary/aromatic N) is 2. The number of rotatable bonds is 4. The first kappa shape index (κ1) is 14.0. The molecule has 4 nitrogen and oxygen atoms in total. The Balaban J connectivity index is 1.63. The second-order valence-corrected chi connectivity index (χ2v) is 4.70. The van der Waals surface area contributed by atoms with Gasteiger partial charge in [0.15, 0.2) is 0 Å². The molecule has 3 aromatic rings. The number of carbonyl (C=O) groups excluding carboxylic acids is 1. The summed E-state index contributed by atoms with van der Waals surface area (Å²) < 4.78 is 20.0. The van der Waals surface area contributed by atoms with Gasteiger partial charge in [-0.05, 0) is 42.0 Å². The summed E-state index contributed by atoms with van der Waals surface area (Å²) in [5, 5.41) is 4.13. The van der Waals surface area contributed by atoms with Gasteiger partial charge < -0.3 is 4.74 Å². The van der Waals surface area contributed by atoms with Gasteiger partial charge in [-0.25, -0.2) is 13.9 Å². The Hall–Kier alpha value is -2.95. The van der Waals surface area contributed by atoms with E-state index in [4.69, 9.17) is 4.74 Å². The van der Waals surface area contributed by atoms with Crippen LogP contribution in [0.25, 0.3) is 5.69 Å². The van der Waals surface area contributed by atoms with Crippen LogP contribution in [0.5, 0.6) is 0 Å². The average molecular weight is 296 g/mol. The van der Waals surface area contributed by atoms with Crippen LogP contribution in [-0.4, -0.2) is 15.7 Å². The number of esters is 1. The van der Waals surface area contributed by atoms with Crippen LogP contribution in [0.1, 0.15) is 15.9 Å².